The Labute approximate surface area is 137 Å². The second kappa shape index (κ2) is 8.47. The molecule has 0 spiro atoms. The van der Waals surface area contributed by atoms with Crippen molar-refractivity contribution in [1.29, 1.82) is 0 Å². The monoisotopic (exact) mass is 319 g/mol. The summed E-state index contributed by atoms with van der Waals surface area (Å²) in [5.41, 5.74) is 2.60. The molecule has 3 heteroatoms. The molecule has 0 aliphatic heterocycles. The molecule has 2 aromatic carbocycles. The van der Waals surface area contributed by atoms with Crippen molar-refractivity contribution in [2.45, 2.75) is 30.7 Å². The van der Waals surface area contributed by atoms with Gasteiger partial charge in [-0.15, -0.1) is 11.8 Å². The van der Waals surface area contributed by atoms with Crippen molar-refractivity contribution in [3.05, 3.63) is 64.7 Å². The second-order valence-electron chi connectivity index (χ2n) is 5.11. The lowest BCUT2D eigenvalue weighted by atomic mass is 9.99. The van der Waals surface area contributed by atoms with Gasteiger partial charge in [-0.2, -0.15) is 0 Å². The maximum absolute atomic E-state index is 6.10. The molecule has 1 N–H and O–H groups in total. The van der Waals surface area contributed by atoms with E-state index in [1.165, 1.54) is 16.0 Å². The molecule has 1 nitrogen and oxygen atoms in total. The van der Waals surface area contributed by atoms with Crippen LogP contribution in [0.25, 0.3) is 0 Å². The van der Waals surface area contributed by atoms with Crippen LogP contribution in [0.2, 0.25) is 5.02 Å². The smallest absolute Gasteiger partial charge is 0.0408 e. The molecular weight excluding hydrogens is 298 g/mol. The minimum atomic E-state index is 0.333. The van der Waals surface area contributed by atoms with E-state index in [9.17, 15) is 0 Å². The van der Waals surface area contributed by atoms with Gasteiger partial charge in [-0.25, -0.2) is 0 Å². The predicted molar refractivity (Wildman–Crippen MR) is 94.4 cm³/mol. The van der Waals surface area contributed by atoms with E-state index in [0.29, 0.717) is 6.04 Å². The van der Waals surface area contributed by atoms with Gasteiger partial charge in [-0.3, -0.25) is 0 Å². The molecule has 0 saturated heterocycles. The molecule has 0 fully saturated rings. The van der Waals surface area contributed by atoms with Crippen molar-refractivity contribution in [2.75, 3.05) is 12.8 Å². The van der Waals surface area contributed by atoms with Gasteiger partial charge in [0, 0.05) is 16.0 Å². The molecule has 0 aliphatic rings. The number of benzene rings is 2. The predicted octanol–water partition coefficient (Wildman–Crippen LogP) is 5.35. The maximum Gasteiger partial charge on any atom is 0.0408 e. The highest BCUT2D eigenvalue weighted by molar-refractivity contribution is 7.98. The standard InChI is InChI=1S/C18H22ClNS/c1-3-11-20-18(13-14-5-4-6-16(19)12-14)15-7-9-17(21-2)10-8-15/h4-10,12,18,20H,3,11,13H2,1-2H3. The first-order valence-electron chi connectivity index (χ1n) is 7.34. The van der Waals surface area contributed by atoms with Crippen LogP contribution in [0.15, 0.2) is 53.4 Å². The van der Waals surface area contributed by atoms with E-state index in [1.54, 1.807) is 11.8 Å². The highest BCUT2D eigenvalue weighted by Gasteiger charge is 2.11. The van der Waals surface area contributed by atoms with Crippen molar-refractivity contribution < 1.29 is 0 Å². The molecular formula is C18H22ClNS. The minimum Gasteiger partial charge on any atom is -0.310 e. The average Bonchev–Trinajstić information content (AvgIpc) is 2.51. The first-order chi connectivity index (χ1) is 10.2. The van der Waals surface area contributed by atoms with Crippen LogP contribution in [-0.2, 0) is 6.42 Å². The number of nitrogens with one attached hydrogen (secondary N) is 1. The summed E-state index contributed by atoms with van der Waals surface area (Å²) >= 11 is 7.87. The van der Waals surface area contributed by atoms with Crippen LogP contribution in [0.1, 0.15) is 30.5 Å². The first kappa shape index (κ1) is 16.4. The lowest BCUT2D eigenvalue weighted by Crippen LogP contribution is -2.24. The summed E-state index contributed by atoms with van der Waals surface area (Å²) in [4.78, 5) is 1.30. The second-order valence-corrected chi connectivity index (χ2v) is 6.43. The largest absolute Gasteiger partial charge is 0.310 e. The van der Waals surface area contributed by atoms with Gasteiger partial charge in [-0.05, 0) is 61.0 Å². The highest BCUT2D eigenvalue weighted by Crippen LogP contribution is 2.23. The number of halogens is 1. The van der Waals surface area contributed by atoms with Crippen LogP contribution < -0.4 is 5.32 Å². The summed E-state index contributed by atoms with van der Waals surface area (Å²) < 4.78 is 0. The quantitative estimate of drug-likeness (QED) is 0.691. The summed E-state index contributed by atoms with van der Waals surface area (Å²) in [6.07, 6.45) is 4.20. The fourth-order valence-corrected chi connectivity index (χ4v) is 2.98. The van der Waals surface area contributed by atoms with Crippen LogP contribution in [0.3, 0.4) is 0 Å². The molecule has 0 aromatic heterocycles. The molecule has 1 unspecified atom stereocenters. The zero-order chi connectivity index (χ0) is 15.1. The van der Waals surface area contributed by atoms with Gasteiger partial charge in [0.05, 0.1) is 0 Å². The third kappa shape index (κ3) is 5.06. The molecule has 2 rings (SSSR count). The van der Waals surface area contributed by atoms with E-state index in [0.717, 1.165) is 24.4 Å². The van der Waals surface area contributed by atoms with Crippen molar-refractivity contribution in [1.82, 2.24) is 5.32 Å². The molecule has 0 saturated carbocycles. The van der Waals surface area contributed by atoms with Gasteiger partial charge < -0.3 is 5.32 Å². The Morgan fingerprint density at radius 1 is 1.14 bits per heavy atom. The summed E-state index contributed by atoms with van der Waals surface area (Å²) in [6, 6.07) is 17.3. The Morgan fingerprint density at radius 3 is 2.52 bits per heavy atom. The number of rotatable bonds is 7. The van der Waals surface area contributed by atoms with Crippen molar-refractivity contribution in [2.24, 2.45) is 0 Å². The van der Waals surface area contributed by atoms with Gasteiger partial charge in [0.1, 0.15) is 0 Å². The van der Waals surface area contributed by atoms with E-state index in [2.05, 4.69) is 54.9 Å². The number of hydrogen-bond acceptors (Lipinski definition) is 2. The van der Waals surface area contributed by atoms with Gasteiger partial charge in [0.25, 0.3) is 0 Å². The molecule has 0 radical (unpaired) electrons. The molecule has 0 amide bonds. The van der Waals surface area contributed by atoms with E-state index in [1.807, 2.05) is 12.1 Å². The van der Waals surface area contributed by atoms with E-state index in [-0.39, 0.29) is 0 Å². The Balaban J connectivity index is 2.16. The maximum atomic E-state index is 6.10. The van der Waals surface area contributed by atoms with Crippen LogP contribution in [0.4, 0.5) is 0 Å². The summed E-state index contributed by atoms with van der Waals surface area (Å²) in [6.45, 7) is 3.22. The summed E-state index contributed by atoms with van der Waals surface area (Å²) in [7, 11) is 0. The number of hydrogen-bond donors (Lipinski definition) is 1. The van der Waals surface area contributed by atoms with Gasteiger partial charge in [0.2, 0.25) is 0 Å². The first-order valence-corrected chi connectivity index (χ1v) is 8.95. The van der Waals surface area contributed by atoms with Crippen molar-refractivity contribution in [3.63, 3.8) is 0 Å². The van der Waals surface area contributed by atoms with Crippen molar-refractivity contribution >= 4 is 23.4 Å². The fourth-order valence-electron chi connectivity index (χ4n) is 2.36. The summed E-state index contributed by atoms with van der Waals surface area (Å²) in [5.74, 6) is 0. The van der Waals surface area contributed by atoms with Crippen molar-refractivity contribution in [3.8, 4) is 0 Å². The zero-order valence-electron chi connectivity index (χ0n) is 12.6. The zero-order valence-corrected chi connectivity index (χ0v) is 14.2. The summed E-state index contributed by atoms with van der Waals surface area (Å²) in [5, 5.41) is 4.45. The average molecular weight is 320 g/mol. The van der Waals surface area contributed by atoms with E-state index in [4.69, 9.17) is 11.6 Å². The minimum absolute atomic E-state index is 0.333. The molecule has 0 bridgehead atoms. The lowest BCUT2D eigenvalue weighted by molar-refractivity contribution is 0.529. The third-order valence-corrected chi connectivity index (χ3v) is 4.47. The number of thioether (sulfide) groups is 1. The normalized spacial score (nSPS) is 12.3. The Hall–Kier alpha value is -0.960. The molecule has 2 aromatic rings. The van der Waals surface area contributed by atoms with Crippen LogP contribution in [0.5, 0.6) is 0 Å². The van der Waals surface area contributed by atoms with Crippen LogP contribution in [0, 0.1) is 0 Å². The fraction of sp³-hybridized carbons (Fsp3) is 0.333. The highest BCUT2D eigenvalue weighted by atomic mass is 35.5. The Kier molecular flexibility index (Phi) is 6.62. The Bertz CT molecular complexity index is 553. The van der Waals surface area contributed by atoms with Gasteiger partial charge in [0.15, 0.2) is 0 Å². The van der Waals surface area contributed by atoms with E-state index >= 15 is 0 Å². The molecule has 0 heterocycles. The van der Waals surface area contributed by atoms with Gasteiger partial charge in [-0.1, -0.05) is 42.8 Å². The van der Waals surface area contributed by atoms with Crippen LogP contribution in [-0.4, -0.2) is 12.8 Å². The SMILES string of the molecule is CCCNC(Cc1cccc(Cl)c1)c1ccc(SC)cc1. The topological polar surface area (TPSA) is 12.0 Å². The molecule has 21 heavy (non-hydrogen) atoms. The molecule has 1 atom stereocenters. The molecule has 112 valence electrons. The lowest BCUT2D eigenvalue weighted by Gasteiger charge is -2.19. The van der Waals surface area contributed by atoms with Gasteiger partial charge >= 0.3 is 0 Å². The van der Waals surface area contributed by atoms with Crippen LogP contribution >= 0.6 is 23.4 Å². The van der Waals surface area contributed by atoms with E-state index < -0.39 is 0 Å². The third-order valence-electron chi connectivity index (χ3n) is 3.49. The Morgan fingerprint density at radius 2 is 1.90 bits per heavy atom. The molecule has 0 aliphatic carbocycles.